The summed E-state index contributed by atoms with van der Waals surface area (Å²) in [7, 11) is 0. The molecule has 1 unspecified atom stereocenters. The fourth-order valence-electron chi connectivity index (χ4n) is 2.14. The van der Waals surface area contributed by atoms with Crippen LogP contribution in [0.5, 0.6) is 0 Å². The van der Waals surface area contributed by atoms with Crippen molar-refractivity contribution in [2.24, 2.45) is 5.73 Å². The van der Waals surface area contributed by atoms with E-state index in [4.69, 9.17) is 5.73 Å². The Morgan fingerprint density at radius 1 is 1.33 bits per heavy atom. The van der Waals surface area contributed by atoms with E-state index in [0.29, 0.717) is 12.5 Å². The van der Waals surface area contributed by atoms with E-state index in [0.717, 1.165) is 17.9 Å². The highest BCUT2D eigenvalue weighted by molar-refractivity contribution is 5.63. The van der Waals surface area contributed by atoms with Gasteiger partial charge in [-0.2, -0.15) is 0 Å². The van der Waals surface area contributed by atoms with Crippen LogP contribution in [-0.4, -0.2) is 16.5 Å². The third kappa shape index (κ3) is 2.62. The SMILES string of the molecule is Cc1ccc(C)c(-c2cnc(C(C)CCN)[nH]2)c1. The molecule has 1 aromatic heterocycles. The fourth-order valence-corrected chi connectivity index (χ4v) is 2.14. The molecule has 0 saturated heterocycles. The van der Waals surface area contributed by atoms with Gasteiger partial charge in [0.05, 0.1) is 11.9 Å². The molecule has 2 aromatic rings. The lowest BCUT2D eigenvalue weighted by molar-refractivity contribution is 0.655. The predicted molar refractivity (Wildman–Crippen MR) is 75.6 cm³/mol. The zero-order valence-electron chi connectivity index (χ0n) is 11.3. The van der Waals surface area contributed by atoms with E-state index in [1.165, 1.54) is 16.7 Å². The van der Waals surface area contributed by atoms with E-state index in [1.54, 1.807) is 0 Å². The van der Waals surface area contributed by atoms with Crippen LogP contribution in [0, 0.1) is 13.8 Å². The Morgan fingerprint density at radius 2 is 2.11 bits per heavy atom. The van der Waals surface area contributed by atoms with Gasteiger partial charge in [0.1, 0.15) is 5.82 Å². The van der Waals surface area contributed by atoms with Crippen LogP contribution in [0.15, 0.2) is 24.4 Å². The summed E-state index contributed by atoms with van der Waals surface area (Å²) in [6.07, 6.45) is 2.88. The Kier molecular flexibility index (Phi) is 3.82. The zero-order valence-corrected chi connectivity index (χ0v) is 11.3. The normalized spacial score (nSPS) is 12.7. The number of aryl methyl sites for hydroxylation is 2. The van der Waals surface area contributed by atoms with Crippen molar-refractivity contribution in [3.8, 4) is 11.3 Å². The molecule has 2 rings (SSSR count). The Labute approximate surface area is 108 Å². The van der Waals surface area contributed by atoms with Crippen molar-refractivity contribution in [2.45, 2.75) is 33.1 Å². The lowest BCUT2D eigenvalue weighted by atomic mass is 10.0. The molecule has 0 aliphatic heterocycles. The molecule has 1 aromatic carbocycles. The molecule has 0 aliphatic rings. The Balaban J connectivity index is 2.32. The quantitative estimate of drug-likeness (QED) is 0.866. The van der Waals surface area contributed by atoms with Gasteiger partial charge >= 0.3 is 0 Å². The first kappa shape index (κ1) is 12.8. The van der Waals surface area contributed by atoms with Crippen LogP contribution in [0.1, 0.15) is 36.2 Å². The lowest BCUT2D eigenvalue weighted by Gasteiger charge is -2.07. The number of nitrogens with one attached hydrogen (secondary N) is 1. The van der Waals surface area contributed by atoms with Crippen LogP contribution in [0.2, 0.25) is 0 Å². The average Bonchev–Trinajstić information content (AvgIpc) is 2.82. The first-order valence-electron chi connectivity index (χ1n) is 6.44. The molecule has 3 heteroatoms. The summed E-state index contributed by atoms with van der Waals surface area (Å²) in [5, 5.41) is 0. The molecule has 96 valence electrons. The van der Waals surface area contributed by atoms with Crippen molar-refractivity contribution in [3.63, 3.8) is 0 Å². The Hall–Kier alpha value is -1.61. The van der Waals surface area contributed by atoms with Crippen molar-refractivity contribution in [1.29, 1.82) is 0 Å². The molecule has 0 radical (unpaired) electrons. The van der Waals surface area contributed by atoms with E-state index < -0.39 is 0 Å². The van der Waals surface area contributed by atoms with Gasteiger partial charge in [0.2, 0.25) is 0 Å². The molecule has 1 atom stereocenters. The summed E-state index contributed by atoms with van der Waals surface area (Å²) in [4.78, 5) is 7.89. The van der Waals surface area contributed by atoms with Crippen LogP contribution >= 0.6 is 0 Å². The molecule has 18 heavy (non-hydrogen) atoms. The van der Waals surface area contributed by atoms with Crippen molar-refractivity contribution in [2.75, 3.05) is 6.54 Å². The molecule has 0 fully saturated rings. The number of aromatic amines is 1. The molecule has 3 N–H and O–H groups in total. The van der Waals surface area contributed by atoms with Crippen molar-refractivity contribution >= 4 is 0 Å². The summed E-state index contributed by atoms with van der Waals surface area (Å²) in [5.74, 6) is 1.41. The second kappa shape index (κ2) is 5.36. The first-order valence-corrected chi connectivity index (χ1v) is 6.44. The minimum absolute atomic E-state index is 0.383. The number of rotatable bonds is 4. The third-order valence-corrected chi connectivity index (χ3v) is 3.35. The number of H-pyrrole nitrogens is 1. The highest BCUT2D eigenvalue weighted by Gasteiger charge is 2.11. The van der Waals surface area contributed by atoms with Gasteiger partial charge in [-0.25, -0.2) is 4.98 Å². The predicted octanol–water partition coefficient (Wildman–Crippen LogP) is 3.15. The van der Waals surface area contributed by atoms with E-state index >= 15 is 0 Å². The van der Waals surface area contributed by atoms with Gasteiger partial charge in [0.15, 0.2) is 0 Å². The molecule has 0 bridgehead atoms. The topological polar surface area (TPSA) is 54.7 Å². The number of aromatic nitrogens is 2. The fraction of sp³-hybridized carbons (Fsp3) is 0.400. The maximum absolute atomic E-state index is 5.59. The molecule has 1 heterocycles. The summed E-state index contributed by atoms with van der Waals surface area (Å²) in [5.41, 5.74) is 10.4. The molecule has 3 nitrogen and oxygen atoms in total. The summed E-state index contributed by atoms with van der Waals surface area (Å²) < 4.78 is 0. The zero-order chi connectivity index (χ0) is 13.1. The van der Waals surface area contributed by atoms with Gasteiger partial charge in [0.25, 0.3) is 0 Å². The number of benzene rings is 1. The number of hydrogen-bond donors (Lipinski definition) is 2. The highest BCUT2D eigenvalue weighted by Crippen LogP contribution is 2.25. The number of nitrogens with zero attached hydrogens (tertiary/aromatic N) is 1. The third-order valence-electron chi connectivity index (χ3n) is 3.35. The average molecular weight is 243 g/mol. The first-order chi connectivity index (χ1) is 8.61. The number of hydrogen-bond acceptors (Lipinski definition) is 2. The van der Waals surface area contributed by atoms with Gasteiger partial charge in [-0.15, -0.1) is 0 Å². The van der Waals surface area contributed by atoms with E-state index in [-0.39, 0.29) is 0 Å². The smallest absolute Gasteiger partial charge is 0.109 e. The Morgan fingerprint density at radius 3 is 2.83 bits per heavy atom. The lowest BCUT2D eigenvalue weighted by Crippen LogP contribution is -2.05. The summed E-state index contributed by atoms with van der Waals surface area (Å²) >= 11 is 0. The molecule has 0 spiro atoms. The highest BCUT2D eigenvalue weighted by atomic mass is 14.9. The molecular weight excluding hydrogens is 222 g/mol. The number of nitrogens with two attached hydrogens (primary N) is 1. The number of imidazole rings is 1. The van der Waals surface area contributed by atoms with Crippen LogP contribution in [-0.2, 0) is 0 Å². The maximum atomic E-state index is 5.59. The summed E-state index contributed by atoms with van der Waals surface area (Å²) in [6, 6.07) is 6.47. The molecule has 0 saturated carbocycles. The maximum Gasteiger partial charge on any atom is 0.109 e. The van der Waals surface area contributed by atoms with Gasteiger partial charge in [-0.3, -0.25) is 0 Å². The monoisotopic (exact) mass is 243 g/mol. The minimum Gasteiger partial charge on any atom is -0.342 e. The largest absolute Gasteiger partial charge is 0.342 e. The van der Waals surface area contributed by atoms with E-state index in [2.05, 4.69) is 48.9 Å². The van der Waals surface area contributed by atoms with Gasteiger partial charge in [-0.05, 0) is 38.4 Å². The van der Waals surface area contributed by atoms with Crippen LogP contribution in [0.4, 0.5) is 0 Å². The Bertz CT molecular complexity index is 528. The second-order valence-electron chi connectivity index (χ2n) is 4.98. The molecule has 0 amide bonds. The van der Waals surface area contributed by atoms with Crippen LogP contribution in [0.3, 0.4) is 0 Å². The van der Waals surface area contributed by atoms with Gasteiger partial charge in [0, 0.05) is 11.5 Å². The van der Waals surface area contributed by atoms with E-state index in [1.807, 2.05) is 6.20 Å². The second-order valence-corrected chi connectivity index (χ2v) is 4.98. The summed E-state index contributed by atoms with van der Waals surface area (Å²) in [6.45, 7) is 7.08. The van der Waals surface area contributed by atoms with Crippen molar-refractivity contribution < 1.29 is 0 Å². The van der Waals surface area contributed by atoms with Crippen molar-refractivity contribution in [1.82, 2.24) is 9.97 Å². The van der Waals surface area contributed by atoms with Crippen molar-refractivity contribution in [3.05, 3.63) is 41.3 Å². The van der Waals surface area contributed by atoms with Crippen LogP contribution in [0.25, 0.3) is 11.3 Å². The minimum atomic E-state index is 0.383. The van der Waals surface area contributed by atoms with Gasteiger partial charge in [-0.1, -0.05) is 24.6 Å². The molecule has 0 aliphatic carbocycles. The van der Waals surface area contributed by atoms with E-state index in [9.17, 15) is 0 Å². The standard InChI is InChI=1S/C15H21N3/c1-10-4-5-11(2)13(8-10)14-9-17-15(18-14)12(3)6-7-16/h4-5,8-9,12H,6-7,16H2,1-3H3,(H,17,18). The van der Waals surface area contributed by atoms with Crippen LogP contribution < -0.4 is 5.73 Å². The molecular formula is C15H21N3. The van der Waals surface area contributed by atoms with Gasteiger partial charge < -0.3 is 10.7 Å².